The van der Waals surface area contributed by atoms with E-state index in [0.29, 0.717) is 19.8 Å². The number of carbonyl (C=O) groups is 1. The van der Waals surface area contributed by atoms with Crippen LogP contribution in [0.2, 0.25) is 0 Å². The largest absolute Gasteiger partial charge is 0.381 e. The molecule has 0 spiro atoms. The number of anilines is 1. The van der Waals surface area contributed by atoms with E-state index < -0.39 is 0 Å². The average Bonchev–Trinajstić information content (AvgIpc) is 3.39. The fourth-order valence-electron chi connectivity index (χ4n) is 3.61. The first-order chi connectivity index (χ1) is 12.8. The highest BCUT2D eigenvalue weighted by Crippen LogP contribution is 2.39. The summed E-state index contributed by atoms with van der Waals surface area (Å²) >= 11 is 1.78. The van der Waals surface area contributed by atoms with Crippen molar-refractivity contribution in [1.82, 2.24) is 0 Å². The predicted octanol–water partition coefficient (Wildman–Crippen LogP) is 4.48. The van der Waals surface area contributed by atoms with Crippen LogP contribution in [0.4, 0.5) is 5.69 Å². The van der Waals surface area contributed by atoms with E-state index in [-0.39, 0.29) is 11.8 Å². The average molecular weight is 362 g/mol. The molecule has 1 unspecified atom stereocenters. The summed E-state index contributed by atoms with van der Waals surface area (Å²) in [5.41, 5.74) is 4.33. The molecule has 2 aromatic carbocycles. The van der Waals surface area contributed by atoms with Gasteiger partial charge in [0.25, 0.3) is 0 Å². The van der Waals surface area contributed by atoms with Crippen molar-refractivity contribution in [2.75, 3.05) is 18.5 Å². The zero-order valence-corrected chi connectivity index (χ0v) is 15.0. The van der Waals surface area contributed by atoms with E-state index in [1.54, 1.807) is 11.3 Å². The van der Waals surface area contributed by atoms with Crippen LogP contribution in [0.25, 0.3) is 20.5 Å². The lowest BCUT2D eigenvalue weighted by molar-refractivity contribution is -0.119. The smallest absolute Gasteiger partial charge is 0.229 e. The minimum atomic E-state index is -0.0512. The summed E-state index contributed by atoms with van der Waals surface area (Å²) < 4.78 is 6.61. The van der Waals surface area contributed by atoms with Crippen molar-refractivity contribution in [1.29, 1.82) is 0 Å². The van der Waals surface area contributed by atoms with Crippen molar-refractivity contribution in [2.45, 2.75) is 13.0 Å². The number of aliphatic imine (C=N–C) groups is 1. The highest BCUT2D eigenvalue weighted by atomic mass is 32.1. The number of rotatable bonds is 3. The van der Waals surface area contributed by atoms with Gasteiger partial charge in [-0.3, -0.25) is 9.79 Å². The molecular formula is C21H18N2O2S. The second-order valence-corrected chi connectivity index (χ2v) is 7.84. The van der Waals surface area contributed by atoms with E-state index in [1.165, 1.54) is 26.1 Å². The van der Waals surface area contributed by atoms with Crippen LogP contribution in [0, 0.1) is 5.92 Å². The van der Waals surface area contributed by atoms with Crippen LogP contribution in [0.3, 0.4) is 0 Å². The van der Waals surface area contributed by atoms with Crippen LogP contribution in [0.5, 0.6) is 0 Å². The van der Waals surface area contributed by atoms with E-state index in [9.17, 15) is 4.79 Å². The normalized spacial score (nSPS) is 18.4. The molecular weight excluding hydrogens is 344 g/mol. The summed E-state index contributed by atoms with van der Waals surface area (Å²) in [6.45, 7) is 1.88. The van der Waals surface area contributed by atoms with Gasteiger partial charge in [0.15, 0.2) is 0 Å². The van der Waals surface area contributed by atoms with E-state index in [1.807, 2.05) is 12.3 Å². The van der Waals surface area contributed by atoms with Gasteiger partial charge in [0.2, 0.25) is 5.91 Å². The number of nitrogens with one attached hydrogen (secondary N) is 1. The monoisotopic (exact) mass is 362 g/mol. The quantitative estimate of drug-likeness (QED) is 0.747. The molecule has 1 aromatic heterocycles. The van der Waals surface area contributed by atoms with Gasteiger partial charge < -0.3 is 10.1 Å². The molecule has 5 heteroatoms. The molecule has 0 aliphatic carbocycles. The second-order valence-electron chi connectivity index (χ2n) is 6.76. The number of nitrogens with zero attached hydrogens (tertiary/aromatic N) is 1. The van der Waals surface area contributed by atoms with Crippen molar-refractivity contribution < 1.29 is 9.53 Å². The number of benzene rings is 2. The zero-order valence-electron chi connectivity index (χ0n) is 14.2. The van der Waals surface area contributed by atoms with Crippen LogP contribution in [0.1, 0.15) is 17.5 Å². The molecule has 1 saturated heterocycles. The SMILES string of the molecule is O=C(Nc1cc2c(c(-c3cc4ccccc4s3)c1)CN=C2)C1CCOC1. The first-order valence-corrected chi connectivity index (χ1v) is 9.64. The summed E-state index contributed by atoms with van der Waals surface area (Å²) in [6.07, 6.45) is 2.70. The Morgan fingerprint density at radius 1 is 1.23 bits per heavy atom. The first kappa shape index (κ1) is 15.7. The van der Waals surface area contributed by atoms with Crippen molar-refractivity contribution in [3.63, 3.8) is 0 Å². The van der Waals surface area contributed by atoms with Crippen molar-refractivity contribution in [2.24, 2.45) is 10.9 Å². The fourth-order valence-corrected chi connectivity index (χ4v) is 4.72. The van der Waals surface area contributed by atoms with Crippen molar-refractivity contribution in [3.05, 3.63) is 53.6 Å². The van der Waals surface area contributed by atoms with Crippen LogP contribution in [0.15, 0.2) is 47.5 Å². The Bertz CT molecular complexity index is 999. The number of hydrogen-bond donors (Lipinski definition) is 1. The van der Waals surface area contributed by atoms with E-state index >= 15 is 0 Å². The fraction of sp³-hybridized carbons (Fsp3) is 0.238. The maximum atomic E-state index is 12.5. The predicted molar refractivity (Wildman–Crippen MR) is 106 cm³/mol. The Labute approximate surface area is 155 Å². The van der Waals surface area contributed by atoms with Gasteiger partial charge in [-0.1, -0.05) is 18.2 Å². The number of thiophene rings is 1. The molecule has 1 fully saturated rings. The summed E-state index contributed by atoms with van der Waals surface area (Å²) in [6, 6.07) is 14.7. The number of fused-ring (bicyclic) bond motifs is 2. The Balaban J connectivity index is 1.54. The summed E-state index contributed by atoms with van der Waals surface area (Å²) in [5.74, 6) is -0.00984. The maximum Gasteiger partial charge on any atom is 0.229 e. The lowest BCUT2D eigenvalue weighted by Crippen LogP contribution is -2.22. The number of carbonyl (C=O) groups excluding carboxylic acids is 1. The topological polar surface area (TPSA) is 50.7 Å². The van der Waals surface area contributed by atoms with Crippen LogP contribution in [-0.4, -0.2) is 25.3 Å². The maximum absolute atomic E-state index is 12.5. The molecule has 3 aromatic rings. The molecule has 0 saturated carbocycles. The standard InChI is InChI=1S/C21H18N2O2S/c24-21(14-5-6-25-12-14)23-16-7-15-10-22-11-18(15)17(9-16)20-8-13-3-1-2-4-19(13)26-20/h1-4,7-10,14H,5-6,11-12H2,(H,23,24). The van der Waals surface area contributed by atoms with Crippen LogP contribution >= 0.6 is 11.3 Å². The zero-order chi connectivity index (χ0) is 17.5. The number of amides is 1. The summed E-state index contributed by atoms with van der Waals surface area (Å²) in [5, 5.41) is 4.33. The molecule has 5 rings (SSSR count). The van der Waals surface area contributed by atoms with Gasteiger partial charge in [-0.25, -0.2) is 0 Å². The Morgan fingerprint density at radius 3 is 3.00 bits per heavy atom. The summed E-state index contributed by atoms with van der Waals surface area (Å²) in [7, 11) is 0. The van der Waals surface area contributed by atoms with Gasteiger partial charge >= 0.3 is 0 Å². The molecule has 3 heterocycles. The minimum absolute atomic E-state index is 0.0414. The molecule has 2 aliphatic heterocycles. The molecule has 0 bridgehead atoms. The Kier molecular flexibility index (Phi) is 3.84. The molecule has 2 aliphatic rings. The number of hydrogen-bond acceptors (Lipinski definition) is 4. The third-order valence-corrected chi connectivity index (χ3v) is 6.17. The van der Waals surface area contributed by atoms with Gasteiger partial charge in [-0.2, -0.15) is 0 Å². The third kappa shape index (κ3) is 2.73. The van der Waals surface area contributed by atoms with E-state index in [4.69, 9.17) is 4.74 Å². The number of ether oxygens (including phenoxy) is 1. The van der Waals surface area contributed by atoms with Crippen LogP contribution in [-0.2, 0) is 16.1 Å². The van der Waals surface area contributed by atoms with Gasteiger partial charge in [0, 0.05) is 33.6 Å². The lowest BCUT2D eigenvalue weighted by atomic mass is 10.00. The third-order valence-electron chi connectivity index (χ3n) is 5.02. The highest BCUT2D eigenvalue weighted by molar-refractivity contribution is 7.22. The Hall–Kier alpha value is -2.50. The van der Waals surface area contributed by atoms with Gasteiger partial charge in [0.05, 0.1) is 19.1 Å². The second kappa shape index (κ2) is 6.34. The highest BCUT2D eigenvalue weighted by Gasteiger charge is 2.24. The summed E-state index contributed by atoms with van der Waals surface area (Å²) in [4.78, 5) is 18.1. The van der Waals surface area contributed by atoms with Crippen molar-refractivity contribution >= 4 is 39.2 Å². The van der Waals surface area contributed by atoms with E-state index in [0.717, 1.165) is 17.7 Å². The minimum Gasteiger partial charge on any atom is -0.381 e. The Morgan fingerprint density at radius 2 is 2.15 bits per heavy atom. The molecule has 26 heavy (non-hydrogen) atoms. The van der Waals surface area contributed by atoms with Gasteiger partial charge in [-0.15, -0.1) is 11.3 Å². The molecule has 1 N–H and O–H groups in total. The lowest BCUT2D eigenvalue weighted by Gasteiger charge is -2.13. The molecule has 1 atom stereocenters. The van der Waals surface area contributed by atoms with Gasteiger partial charge in [-0.05, 0) is 47.2 Å². The first-order valence-electron chi connectivity index (χ1n) is 8.82. The molecule has 0 radical (unpaired) electrons. The van der Waals surface area contributed by atoms with E-state index in [2.05, 4.69) is 46.7 Å². The van der Waals surface area contributed by atoms with Gasteiger partial charge in [0.1, 0.15) is 0 Å². The van der Waals surface area contributed by atoms with Crippen molar-refractivity contribution in [3.8, 4) is 10.4 Å². The molecule has 4 nitrogen and oxygen atoms in total. The molecule has 130 valence electrons. The van der Waals surface area contributed by atoms with Crippen LogP contribution < -0.4 is 5.32 Å². The molecule has 1 amide bonds.